The van der Waals surface area contributed by atoms with Crippen LogP contribution in [0.15, 0.2) is 24.3 Å². The lowest BCUT2D eigenvalue weighted by Crippen LogP contribution is -2.44. The van der Waals surface area contributed by atoms with Gasteiger partial charge in [0.05, 0.1) is 4.70 Å². The van der Waals surface area contributed by atoms with Crippen LogP contribution in [0.2, 0.25) is 0 Å². The van der Waals surface area contributed by atoms with Gasteiger partial charge in [0.15, 0.2) is 0 Å². The van der Waals surface area contributed by atoms with Gasteiger partial charge in [-0.3, -0.25) is 9.00 Å². The number of nitrogens with zero attached hydrogens (tertiary/aromatic N) is 1. The van der Waals surface area contributed by atoms with Gasteiger partial charge in [0, 0.05) is 34.1 Å². The summed E-state index contributed by atoms with van der Waals surface area (Å²) < 4.78 is 57.0. The van der Waals surface area contributed by atoms with Crippen molar-refractivity contribution in [2.75, 3.05) is 11.5 Å². The summed E-state index contributed by atoms with van der Waals surface area (Å²) in [5.74, 6) is -1.91. The highest BCUT2D eigenvalue weighted by Crippen LogP contribution is 2.44. The first-order chi connectivity index (χ1) is 12.1. The van der Waals surface area contributed by atoms with Gasteiger partial charge in [-0.25, -0.2) is 0 Å². The number of aromatic nitrogens is 1. The summed E-state index contributed by atoms with van der Waals surface area (Å²) in [6.07, 6.45) is -5.99. The van der Waals surface area contributed by atoms with Crippen molar-refractivity contribution < 1.29 is 32.4 Å². The molecule has 0 fully saturated rings. The maximum absolute atomic E-state index is 13.6. The van der Waals surface area contributed by atoms with Gasteiger partial charge in [-0.05, 0) is 24.0 Å². The van der Waals surface area contributed by atoms with Gasteiger partial charge < -0.3 is 15.9 Å². The van der Waals surface area contributed by atoms with E-state index in [1.54, 1.807) is 18.2 Å². The number of halogens is 3. The van der Waals surface area contributed by atoms with Crippen LogP contribution in [-0.4, -0.2) is 48.5 Å². The van der Waals surface area contributed by atoms with Crippen LogP contribution in [0.25, 0.3) is 10.1 Å². The Morgan fingerprint density at radius 3 is 2.58 bits per heavy atom. The van der Waals surface area contributed by atoms with Crippen LogP contribution in [-0.2, 0) is 21.2 Å². The Morgan fingerprint density at radius 1 is 1.31 bits per heavy atom. The summed E-state index contributed by atoms with van der Waals surface area (Å²) in [6.45, 7) is 0. The van der Waals surface area contributed by atoms with Gasteiger partial charge in [-0.1, -0.05) is 18.2 Å². The predicted molar refractivity (Wildman–Crippen MR) is 92.3 cm³/mol. The molecule has 1 aromatic heterocycles. The zero-order valence-electron chi connectivity index (χ0n) is 13.4. The molecule has 0 amide bonds. The number of hydrogen-bond donors (Lipinski definition) is 3. The van der Waals surface area contributed by atoms with Crippen LogP contribution in [0.1, 0.15) is 18.5 Å². The Kier molecular flexibility index (Phi) is 6.37. The quantitative estimate of drug-likeness (QED) is 0.613. The topological polar surface area (TPSA) is 114 Å². The van der Waals surface area contributed by atoms with Crippen molar-refractivity contribution in [3.63, 3.8) is 0 Å². The van der Waals surface area contributed by atoms with E-state index in [0.717, 1.165) is 11.5 Å². The molecule has 2 rings (SSSR count). The second kappa shape index (κ2) is 7.99. The number of hydrogen-bond acceptors (Lipinski definition) is 6. The van der Waals surface area contributed by atoms with Crippen LogP contribution < -0.4 is 5.73 Å². The number of rotatable bonds is 8. The van der Waals surface area contributed by atoms with Crippen molar-refractivity contribution in [3.05, 3.63) is 30.0 Å². The van der Waals surface area contributed by atoms with Gasteiger partial charge in [0.25, 0.3) is 0 Å². The van der Waals surface area contributed by atoms with Gasteiger partial charge >= 0.3 is 12.1 Å². The van der Waals surface area contributed by atoms with E-state index in [1.807, 2.05) is 0 Å². The molecular weight excluding hydrogens is 393 g/mol. The van der Waals surface area contributed by atoms with E-state index in [4.69, 9.17) is 10.8 Å². The van der Waals surface area contributed by atoms with E-state index in [9.17, 15) is 27.3 Å². The Hall–Kier alpha value is -1.56. The van der Waals surface area contributed by atoms with Gasteiger partial charge in [0.1, 0.15) is 11.7 Å². The average molecular weight is 410 g/mol. The summed E-state index contributed by atoms with van der Waals surface area (Å²) in [5.41, 5.74) is 1.54. The third kappa shape index (κ3) is 4.40. The van der Waals surface area contributed by atoms with Crippen molar-refractivity contribution in [3.8, 4) is 0 Å². The molecule has 3 unspecified atom stereocenters. The number of alkyl halides is 3. The van der Waals surface area contributed by atoms with E-state index in [1.165, 1.54) is 6.07 Å². The summed E-state index contributed by atoms with van der Waals surface area (Å²) in [4.78, 5) is 10.6. The molecule has 3 atom stereocenters. The second-order valence-corrected chi connectivity index (χ2v) is 8.22. The number of carboxylic acid groups (broad SMARTS) is 1. The van der Waals surface area contributed by atoms with Crippen LogP contribution in [0.4, 0.5) is 13.2 Å². The summed E-state index contributed by atoms with van der Waals surface area (Å²) in [7, 11) is -1.76. The highest BCUT2D eigenvalue weighted by atomic mass is 32.2. The summed E-state index contributed by atoms with van der Waals surface area (Å²) >= 11 is 0.841. The molecule has 0 saturated carbocycles. The van der Waals surface area contributed by atoms with E-state index in [-0.39, 0.29) is 17.6 Å². The number of benzene rings is 1. The van der Waals surface area contributed by atoms with Crippen molar-refractivity contribution >= 4 is 38.4 Å². The monoisotopic (exact) mass is 410 g/mol. The first kappa shape index (κ1) is 20.7. The van der Waals surface area contributed by atoms with E-state index in [2.05, 4.69) is 4.37 Å². The van der Waals surface area contributed by atoms with Crippen molar-refractivity contribution in [1.29, 1.82) is 0 Å². The van der Waals surface area contributed by atoms with Crippen LogP contribution in [0.5, 0.6) is 0 Å². The third-order valence-electron chi connectivity index (χ3n) is 3.90. The molecule has 11 heteroatoms. The van der Waals surface area contributed by atoms with E-state index in [0.29, 0.717) is 4.70 Å². The number of carbonyl (C=O) groups is 1. The number of aliphatic carboxylic acids is 1. The molecule has 1 aromatic carbocycles. The molecule has 0 spiro atoms. The number of fused-ring (bicyclic) bond motifs is 1. The lowest BCUT2D eigenvalue weighted by molar-refractivity contribution is -0.268. The Labute approximate surface area is 153 Å². The highest BCUT2D eigenvalue weighted by Gasteiger charge is 2.56. The predicted octanol–water partition coefficient (Wildman–Crippen LogP) is 1.99. The van der Waals surface area contributed by atoms with Gasteiger partial charge in [-0.2, -0.15) is 17.5 Å². The minimum absolute atomic E-state index is 0.133. The van der Waals surface area contributed by atoms with Crippen molar-refractivity contribution in [1.82, 2.24) is 4.37 Å². The zero-order chi connectivity index (χ0) is 19.5. The minimum Gasteiger partial charge on any atom is -0.480 e. The molecule has 0 aliphatic carbocycles. The highest BCUT2D eigenvalue weighted by molar-refractivity contribution is 7.84. The zero-order valence-corrected chi connectivity index (χ0v) is 15.0. The Bertz CT molecular complexity index is 812. The molecule has 0 bridgehead atoms. The van der Waals surface area contributed by atoms with Gasteiger partial charge in [-0.15, -0.1) is 0 Å². The SMILES string of the molecule is NC(CCS(=O)CCC(O)(c1nsc2ccccc12)C(F)(F)F)C(=O)O. The largest absolute Gasteiger partial charge is 0.480 e. The average Bonchev–Trinajstić information content (AvgIpc) is 3.00. The molecule has 0 aliphatic rings. The Balaban J connectivity index is 2.18. The molecule has 1 heterocycles. The first-order valence-electron chi connectivity index (χ1n) is 7.53. The summed E-state index contributed by atoms with van der Waals surface area (Å²) in [6, 6.07) is 5.00. The molecule has 26 heavy (non-hydrogen) atoms. The maximum atomic E-state index is 13.6. The fourth-order valence-electron chi connectivity index (χ4n) is 2.32. The molecule has 144 valence electrons. The molecule has 0 radical (unpaired) electrons. The maximum Gasteiger partial charge on any atom is 0.423 e. The van der Waals surface area contributed by atoms with Gasteiger partial charge in [0.2, 0.25) is 5.60 Å². The number of nitrogens with two attached hydrogens (primary N) is 1. The molecule has 2 aromatic rings. The molecule has 0 aliphatic heterocycles. The third-order valence-corrected chi connectivity index (χ3v) is 6.08. The lowest BCUT2D eigenvalue weighted by Gasteiger charge is -2.29. The summed E-state index contributed by atoms with van der Waals surface area (Å²) in [5, 5.41) is 19.2. The van der Waals surface area contributed by atoms with Crippen LogP contribution >= 0.6 is 11.5 Å². The normalized spacial score (nSPS) is 17.0. The van der Waals surface area contributed by atoms with Crippen LogP contribution in [0.3, 0.4) is 0 Å². The molecule has 4 N–H and O–H groups in total. The second-order valence-electron chi connectivity index (χ2n) is 5.72. The smallest absolute Gasteiger partial charge is 0.423 e. The van der Waals surface area contributed by atoms with Crippen molar-refractivity contribution in [2.45, 2.75) is 30.7 Å². The minimum atomic E-state index is -5.01. The molecular formula is C15H17F3N2O4S2. The number of carboxylic acids is 1. The standard InChI is InChI=1S/C15H17F3N2O4S2/c16-15(17,18)14(23,6-8-26(24)7-5-10(19)13(21)22)12-9-3-1-2-4-11(9)25-20-12/h1-4,10,23H,5-8,19H2,(H,21,22). The van der Waals surface area contributed by atoms with E-state index < -0.39 is 52.5 Å². The molecule has 0 saturated heterocycles. The Morgan fingerprint density at radius 2 is 1.96 bits per heavy atom. The fourth-order valence-corrected chi connectivity index (χ4v) is 4.41. The number of aliphatic hydroxyl groups is 1. The molecule has 6 nitrogen and oxygen atoms in total. The van der Waals surface area contributed by atoms with Crippen LogP contribution in [0, 0.1) is 0 Å². The van der Waals surface area contributed by atoms with Crippen molar-refractivity contribution in [2.24, 2.45) is 5.73 Å². The first-order valence-corrected chi connectivity index (χ1v) is 9.80. The fraction of sp³-hybridized carbons (Fsp3) is 0.467. The van der Waals surface area contributed by atoms with E-state index >= 15 is 0 Å². The lowest BCUT2D eigenvalue weighted by atomic mass is 9.93.